The molecule has 0 aromatic heterocycles. The Balaban J connectivity index is 1.36. The van der Waals surface area contributed by atoms with Gasteiger partial charge in [0.1, 0.15) is 0 Å². The van der Waals surface area contributed by atoms with Crippen LogP contribution >= 0.6 is 0 Å². The highest BCUT2D eigenvalue weighted by Gasteiger charge is 2.32. The number of hydrogen-bond acceptors (Lipinski definition) is 4. The summed E-state index contributed by atoms with van der Waals surface area (Å²) in [6, 6.07) is 19.2. The summed E-state index contributed by atoms with van der Waals surface area (Å²) in [5.74, 6) is -1.45. The van der Waals surface area contributed by atoms with Crippen LogP contribution in [0.2, 0.25) is 0 Å². The Morgan fingerprint density at radius 3 is 2.17 bits per heavy atom. The molecule has 0 bridgehead atoms. The van der Waals surface area contributed by atoms with Crippen LogP contribution in [0.1, 0.15) is 31.2 Å². The summed E-state index contributed by atoms with van der Waals surface area (Å²) in [5.41, 5.74) is 1.18. The highest BCUT2D eigenvalue weighted by atomic mass is 16.7. The van der Waals surface area contributed by atoms with Crippen molar-refractivity contribution in [2.75, 3.05) is 0 Å². The highest BCUT2D eigenvalue weighted by molar-refractivity contribution is 6.23. The van der Waals surface area contributed by atoms with E-state index in [1.54, 1.807) is 0 Å². The van der Waals surface area contributed by atoms with Crippen LogP contribution in [0.25, 0.3) is 32.3 Å². The largest absolute Gasteiger partial charge is 0.333 e. The van der Waals surface area contributed by atoms with Gasteiger partial charge < -0.3 is 4.84 Å². The van der Waals surface area contributed by atoms with Gasteiger partial charge in [0.05, 0.1) is 0 Å². The number of imide groups is 1. The average Bonchev–Trinajstić information content (AvgIpc) is 3.05. The molecule has 0 radical (unpaired) electrons. The fourth-order valence-corrected chi connectivity index (χ4v) is 4.24. The summed E-state index contributed by atoms with van der Waals surface area (Å²) in [7, 11) is 0. The quantitative estimate of drug-likeness (QED) is 0.374. The van der Waals surface area contributed by atoms with E-state index in [1.807, 2.05) is 0 Å². The molecule has 0 unspecified atom stereocenters. The molecule has 2 amide bonds. The van der Waals surface area contributed by atoms with Gasteiger partial charge in [0.15, 0.2) is 0 Å². The van der Waals surface area contributed by atoms with Crippen LogP contribution in [0, 0.1) is 0 Å². The minimum atomic E-state index is -0.550. The lowest BCUT2D eigenvalue weighted by Gasteiger charge is -2.14. The maximum Gasteiger partial charge on any atom is 0.333 e. The fraction of sp³-hybridized carbons (Fsp3) is 0.208. The van der Waals surface area contributed by atoms with Crippen LogP contribution in [0.4, 0.5) is 0 Å². The molecular formula is C24H19NO4. The minimum Gasteiger partial charge on any atom is -0.330 e. The summed E-state index contributed by atoms with van der Waals surface area (Å²) in [6.45, 7) is 0. The average molecular weight is 385 g/mol. The van der Waals surface area contributed by atoms with E-state index in [2.05, 4.69) is 54.6 Å². The molecule has 4 aromatic rings. The van der Waals surface area contributed by atoms with Crippen molar-refractivity contribution in [3.05, 3.63) is 60.2 Å². The molecule has 144 valence electrons. The third-order valence-corrected chi connectivity index (χ3v) is 5.64. The van der Waals surface area contributed by atoms with Crippen molar-refractivity contribution in [1.82, 2.24) is 5.06 Å². The van der Waals surface area contributed by atoms with Crippen molar-refractivity contribution in [2.45, 2.75) is 32.1 Å². The molecule has 5 heteroatoms. The molecule has 5 nitrogen and oxygen atoms in total. The number of carbonyl (C=O) groups is 3. The number of hydroxylamine groups is 2. The Hall–Kier alpha value is -3.47. The first kappa shape index (κ1) is 17.6. The zero-order chi connectivity index (χ0) is 20.0. The van der Waals surface area contributed by atoms with Crippen LogP contribution in [0.3, 0.4) is 0 Å². The zero-order valence-corrected chi connectivity index (χ0v) is 15.8. The lowest BCUT2D eigenvalue weighted by atomic mass is 9.90. The molecule has 0 saturated carbocycles. The third kappa shape index (κ3) is 2.99. The maximum absolute atomic E-state index is 12.0. The predicted octanol–water partition coefficient (Wildman–Crippen LogP) is 4.51. The van der Waals surface area contributed by atoms with E-state index in [0.717, 1.165) is 0 Å². The van der Waals surface area contributed by atoms with Crippen molar-refractivity contribution in [1.29, 1.82) is 0 Å². The summed E-state index contributed by atoms with van der Waals surface area (Å²) in [5, 5.41) is 7.99. The Morgan fingerprint density at radius 1 is 0.828 bits per heavy atom. The number of rotatable bonds is 5. The first-order chi connectivity index (χ1) is 14.1. The first-order valence-corrected chi connectivity index (χ1v) is 9.84. The van der Waals surface area contributed by atoms with Gasteiger partial charge in [-0.1, -0.05) is 54.6 Å². The van der Waals surface area contributed by atoms with Crippen LogP contribution < -0.4 is 0 Å². The van der Waals surface area contributed by atoms with Crippen molar-refractivity contribution in [2.24, 2.45) is 0 Å². The molecule has 0 aliphatic carbocycles. The summed E-state index contributed by atoms with van der Waals surface area (Å²) in [4.78, 5) is 40.1. The zero-order valence-electron chi connectivity index (χ0n) is 15.8. The number of nitrogens with zero attached hydrogens (tertiary/aromatic N) is 1. The molecule has 1 aliphatic heterocycles. The topological polar surface area (TPSA) is 63.7 Å². The molecular weight excluding hydrogens is 366 g/mol. The van der Waals surface area contributed by atoms with E-state index >= 15 is 0 Å². The number of amides is 2. The minimum absolute atomic E-state index is 0.106. The van der Waals surface area contributed by atoms with E-state index in [-0.39, 0.29) is 19.3 Å². The summed E-state index contributed by atoms with van der Waals surface area (Å²) in [6.07, 6.45) is 1.66. The van der Waals surface area contributed by atoms with Crippen LogP contribution in [0.15, 0.2) is 54.6 Å². The predicted molar refractivity (Wildman–Crippen MR) is 110 cm³/mol. The van der Waals surface area contributed by atoms with Crippen LogP contribution in [0.5, 0.6) is 0 Å². The molecule has 0 spiro atoms. The van der Waals surface area contributed by atoms with E-state index in [0.29, 0.717) is 17.9 Å². The first-order valence-electron chi connectivity index (χ1n) is 9.84. The number of carbonyl (C=O) groups excluding carboxylic acids is 3. The molecule has 5 rings (SSSR count). The molecule has 1 fully saturated rings. The van der Waals surface area contributed by atoms with Crippen LogP contribution in [-0.2, 0) is 25.6 Å². The van der Waals surface area contributed by atoms with Gasteiger partial charge in [-0.25, -0.2) is 4.79 Å². The van der Waals surface area contributed by atoms with Gasteiger partial charge in [0.2, 0.25) is 0 Å². The maximum atomic E-state index is 12.0. The normalized spacial score (nSPS) is 14.6. The Kier molecular flexibility index (Phi) is 4.16. The molecule has 4 aromatic carbocycles. The third-order valence-electron chi connectivity index (χ3n) is 5.64. The Labute approximate surface area is 167 Å². The second kappa shape index (κ2) is 6.85. The second-order valence-corrected chi connectivity index (χ2v) is 7.48. The monoisotopic (exact) mass is 385 g/mol. The summed E-state index contributed by atoms with van der Waals surface area (Å²) < 4.78 is 0. The number of hydrogen-bond donors (Lipinski definition) is 0. The lowest BCUT2D eigenvalue weighted by Crippen LogP contribution is -2.31. The molecule has 0 N–H and O–H groups in total. The Bertz CT molecular complexity index is 1240. The highest BCUT2D eigenvalue weighted by Crippen LogP contribution is 2.36. The molecule has 1 heterocycles. The lowest BCUT2D eigenvalue weighted by molar-refractivity contribution is -0.197. The van der Waals surface area contributed by atoms with Gasteiger partial charge in [0, 0.05) is 19.3 Å². The van der Waals surface area contributed by atoms with E-state index < -0.39 is 17.8 Å². The van der Waals surface area contributed by atoms with Crippen molar-refractivity contribution in [3.63, 3.8) is 0 Å². The second-order valence-electron chi connectivity index (χ2n) is 7.48. The van der Waals surface area contributed by atoms with E-state index in [1.165, 1.54) is 37.9 Å². The van der Waals surface area contributed by atoms with Gasteiger partial charge in [-0.3, -0.25) is 9.59 Å². The van der Waals surface area contributed by atoms with Crippen molar-refractivity contribution < 1.29 is 19.2 Å². The van der Waals surface area contributed by atoms with Gasteiger partial charge in [0.25, 0.3) is 11.8 Å². The van der Waals surface area contributed by atoms with Gasteiger partial charge in [-0.05, 0) is 50.7 Å². The number of aryl methyl sites for hydroxylation is 1. The molecule has 29 heavy (non-hydrogen) atoms. The number of benzene rings is 4. The smallest absolute Gasteiger partial charge is 0.330 e. The molecule has 1 saturated heterocycles. The van der Waals surface area contributed by atoms with Crippen molar-refractivity contribution in [3.8, 4) is 0 Å². The fourth-order valence-electron chi connectivity index (χ4n) is 4.24. The van der Waals surface area contributed by atoms with Gasteiger partial charge in [-0.15, -0.1) is 5.06 Å². The van der Waals surface area contributed by atoms with E-state index in [4.69, 9.17) is 4.84 Å². The summed E-state index contributed by atoms with van der Waals surface area (Å²) >= 11 is 0. The van der Waals surface area contributed by atoms with Crippen LogP contribution in [-0.4, -0.2) is 22.8 Å². The standard InChI is InChI=1S/C24H19NO4/c26-20-13-14-21(27)25(20)29-22(28)6-2-3-15-7-8-18-10-9-16-4-1-5-17-11-12-19(15)24(18)23(16)17/h1,4-5,7-12H,2-3,6,13-14H2. The molecule has 0 atom stereocenters. The van der Waals surface area contributed by atoms with Gasteiger partial charge in [-0.2, -0.15) is 0 Å². The SMILES string of the molecule is O=C(CCCc1ccc2ccc3cccc4ccc1c2c34)ON1C(=O)CCC1=O. The van der Waals surface area contributed by atoms with Crippen molar-refractivity contribution >= 4 is 50.1 Å². The van der Waals surface area contributed by atoms with Gasteiger partial charge >= 0.3 is 5.97 Å². The Morgan fingerprint density at radius 2 is 1.45 bits per heavy atom. The van der Waals surface area contributed by atoms with E-state index in [9.17, 15) is 14.4 Å². The molecule has 1 aliphatic rings.